The number of benzene rings is 2. The van der Waals surface area contributed by atoms with Gasteiger partial charge < -0.3 is 15.0 Å². The van der Waals surface area contributed by atoms with Crippen LogP contribution in [-0.4, -0.2) is 36.4 Å². The maximum Gasteiger partial charge on any atom is 0.242 e. The fourth-order valence-corrected chi connectivity index (χ4v) is 3.04. The van der Waals surface area contributed by atoms with Gasteiger partial charge in [0.25, 0.3) is 0 Å². The molecule has 0 bridgehead atoms. The van der Waals surface area contributed by atoms with Crippen LogP contribution in [0.1, 0.15) is 37.0 Å². The van der Waals surface area contributed by atoms with Gasteiger partial charge in [0.2, 0.25) is 11.8 Å². The first-order chi connectivity index (χ1) is 13.4. The van der Waals surface area contributed by atoms with Gasteiger partial charge in [-0.2, -0.15) is 0 Å². The van der Waals surface area contributed by atoms with E-state index in [0.29, 0.717) is 13.1 Å². The molecule has 2 rings (SSSR count). The first-order valence-corrected chi connectivity index (χ1v) is 9.70. The number of methoxy groups -OCH3 is 1. The van der Waals surface area contributed by atoms with Gasteiger partial charge in [0.1, 0.15) is 11.8 Å². The summed E-state index contributed by atoms with van der Waals surface area (Å²) in [6.07, 6.45) is 1.11. The van der Waals surface area contributed by atoms with E-state index in [9.17, 15) is 9.59 Å². The molecule has 0 aliphatic rings. The number of amides is 2. The second kappa shape index (κ2) is 10.5. The molecular weight excluding hydrogens is 352 g/mol. The second-order valence-electron chi connectivity index (χ2n) is 7.01. The minimum Gasteiger partial charge on any atom is -0.497 e. The van der Waals surface area contributed by atoms with Crippen molar-refractivity contribution in [2.24, 2.45) is 0 Å². The first kappa shape index (κ1) is 21.5. The Bertz CT molecular complexity index is 804. The van der Waals surface area contributed by atoms with Crippen molar-refractivity contribution in [3.63, 3.8) is 0 Å². The fraction of sp³-hybridized carbons (Fsp3) is 0.391. The van der Waals surface area contributed by atoms with Crippen LogP contribution in [0.4, 0.5) is 0 Å². The van der Waals surface area contributed by atoms with E-state index in [1.807, 2.05) is 62.4 Å². The molecule has 0 aliphatic heterocycles. The van der Waals surface area contributed by atoms with Crippen LogP contribution >= 0.6 is 0 Å². The number of hydrogen-bond donors (Lipinski definition) is 1. The van der Waals surface area contributed by atoms with Crippen molar-refractivity contribution in [3.8, 4) is 5.75 Å². The van der Waals surface area contributed by atoms with Gasteiger partial charge >= 0.3 is 0 Å². The van der Waals surface area contributed by atoms with Crippen LogP contribution in [0.5, 0.6) is 5.75 Å². The number of nitrogens with zero attached hydrogens (tertiary/aromatic N) is 1. The highest BCUT2D eigenvalue weighted by molar-refractivity contribution is 5.88. The number of rotatable bonds is 9. The predicted octanol–water partition coefficient (Wildman–Crippen LogP) is 3.49. The second-order valence-corrected chi connectivity index (χ2v) is 7.01. The number of carbonyl (C=O) groups is 2. The Labute approximate surface area is 167 Å². The van der Waals surface area contributed by atoms with E-state index in [4.69, 9.17) is 4.74 Å². The van der Waals surface area contributed by atoms with Gasteiger partial charge in [0.05, 0.1) is 13.5 Å². The summed E-state index contributed by atoms with van der Waals surface area (Å²) in [6.45, 7) is 6.73. The van der Waals surface area contributed by atoms with Crippen molar-refractivity contribution in [2.45, 2.75) is 46.2 Å². The number of ether oxygens (including phenoxy) is 1. The Kier molecular flexibility index (Phi) is 8.05. The highest BCUT2D eigenvalue weighted by Gasteiger charge is 2.26. The van der Waals surface area contributed by atoms with E-state index in [1.165, 1.54) is 0 Å². The molecule has 0 aromatic heterocycles. The Morgan fingerprint density at radius 1 is 1.11 bits per heavy atom. The molecule has 2 amide bonds. The van der Waals surface area contributed by atoms with E-state index in [-0.39, 0.29) is 18.2 Å². The largest absolute Gasteiger partial charge is 0.497 e. The van der Waals surface area contributed by atoms with Crippen LogP contribution in [0.3, 0.4) is 0 Å². The highest BCUT2D eigenvalue weighted by atomic mass is 16.5. The lowest BCUT2D eigenvalue weighted by Gasteiger charge is -2.29. The number of nitrogens with one attached hydrogen (secondary N) is 1. The summed E-state index contributed by atoms with van der Waals surface area (Å²) in [5.74, 6) is 0.515. The van der Waals surface area contributed by atoms with E-state index in [1.54, 1.807) is 18.9 Å². The average Bonchev–Trinajstić information content (AvgIpc) is 2.69. The van der Waals surface area contributed by atoms with Crippen LogP contribution in [-0.2, 0) is 22.6 Å². The van der Waals surface area contributed by atoms with Gasteiger partial charge in [-0.1, -0.05) is 48.9 Å². The molecule has 0 fully saturated rings. The van der Waals surface area contributed by atoms with E-state index in [0.717, 1.165) is 28.9 Å². The van der Waals surface area contributed by atoms with Crippen molar-refractivity contribution >= 4 is 11.8 Å². The van der Waals surface area contributed by atoms with Crippen molar-refractivity contribution in [1.29, 1.82) is 0 Å². The molecule has 0 aliphatic carbocycles. The lowest BCUT2D eigenvalue weighted by Crippen LogP contribution is -2.48. The highest BCUT2D eigenvalue weighted by Crippen LogP contribution is 2.17. The zero-order valence-corrected chi connectivity index (χ0v) is 17.2. The molecule has 2 aromatic rings. The van der Waals surface area contributed by atoms with E-state index < -0.39 is 6.04 Å². The molecule has 2 aromatic carbocycles. The third-order valence-corrected chi connectivity index (χ3v) is 4.64. The van der Waals surface area contributed by atoms with Crippen molar-refractivity contribution in [3.05, 3.63) is 65.2 Å². The van der Waals surface area contributed by atoms with Gasteiger partial charge in [-0.05, 0) is 43.5 Å². The maximum absolute atomic E-state index is 13.1. The summed E-state index contributed by atoms with van der Waals surface area (Å²) in [5.41, 5.74) is 2.98. The Morgan fingerprint density at radius 2 is 1.82 bits per heavy atom. The average molecular weight is 383 g/mol. The normalized spacial score (nSPS) is 11.6. The molecular formula is C23H30N2O3. The van der Waals surface area contributed by atoms with Gasteiger partial charge in [0.15, 0.2) is 0 Å². The minimum atomic E-state index is -0.560. The van der Waals surface area contributed by atoms with Crippen molar-refractivity contribution < 1.29 is 14.3 Å². The molecule has 0 saturated heterocycles. The van der Waals surface area contributed by atoms with Crippen molar-refractivity contribution in [2.75, 3.05) is 13.7 Å². The third kappa shape index (κ3) is 6.12. The SMILES string of the molecule is CCCNC(=O)C(C)N(Cc1cccc(OC)c1)C(=O)Cc1cccc(C)c1. The zero-order valence-electron chi connectivity index (χ0n) is 17.2. The lowest BCUT2D eigenvalue weighted by molar-refractivity contribution is -0.140. The number of hydrogen-bond acceptors (Lipinski definition) is 3. The van der Waals surface area contributed by atoms with Gasteiger partial charge in [-0.15, -0.1) is 0 Å². The summed E-state index contributed by atoms with van der Waals surface area (Å²) in [5, 5.41) is 2.89. The van der Waals surface area contributed by atoms with Crippen LogP contribution < -0.4 is 10.1 Å². The minimum absolute atomic E-state index is 0.0763. The molecule has 28 heavy (non-hydrogen) atoms. The molecule has 1 atom stereocenters. The Balaban J connectivity index is 2.23. The van der Waals surface area contributed by atoms with Gasteiger partial charge in [-0.3, -0.25) is 9.59 Å². The summed E-state index contributed by atoms with van der Waals surface area (Å²) in [7, 11) is 1.61. The van der Waals surface area contributed by atoms with Crippen LogP contribution in [0.2, 0.25) is 0 Å². The first-order valence-electron chi connectivity index (χ1n) is 9.70. The molecule has 0 spiro atoms. The summed E-state index contributed by atoms with van der Waals surface area (Å²) >= 11 is 0. The molecule has 1 N–H and O–H groups in total. The smallest absolute Gasteiger partial charge is 0.242 e. The molecule has 0 radical (unpaired) electrons. The van der Waals surface area contributed by atoms with Gasteiger partial charge in [0, 0.05) is 13.1 Å². The molecule has 1 unspecified atom stereocenters. The number of aryl methyl sites for hydroxylation is 1. The molecule has 0 saturated carbocycles. The molecule has 0 heterocycles. The van der Waals surface area contributed by atoms with Gasteiger partial charge in [-0.25, -0.2) is 0 Å². The maximum atomic E-state index is 13.1. The standard InChI is InChI=1S/C23H30N2O3/c1-5-12-24-23(27)18(3)25(16-20-10-7-11-21(14-20)28-4)22(26)15-19-9-6-8-17(2)13-19/h6-11,13-14,18H,5,12,15-16H2,1-4H3,(H,24,27). The third-order valence-electron chi connectivity index (χ3n) is 4.64. The summed E-state index contributed by atoms with van der Waals surface area (Å²) < 4.78 is 5.28. The van der Waals surface area contributed by atoms with Crippen LogP contribution in [0.25, 0.3) is 0 Å². The Morgan fingerprint density at radius 3 is 2.50 bits per heavy atom. The summed E-state index contributed by atoms with van der Waals surface area (Å²) in [4.78, 5) is 27.3. The molecule has 5 heteroatoms. The fourth-order valence-electron chi connectivity index (χ4n) is 3.04. The van der Waals surface area contributed by atoms with E-state index >= 15 is 0 Å². The topological polar surface area (TPSA) is 58.6 Å². The quantitative estimate of drug-likeness (QED) is 0.722. The lowest BCUT2D eigenvalue weighted by atomic mass is 10.1. The van der Waals surface area contributed by atoms with E-state index in [2.05, 4.69) is 5.32 Å². The number of carbonyl (C=O) groups excluding carboxylic acids is 2. The monoisotopic (exact) mass is 382 g/mol. The zero-order chi connectivity index (χ0) is 20.5. The van der Waals surface area contributed by atoms with Crippen LogP contribution in [0, 0.1) is 6.92 Å². The molecule has 150 valence electrons. The summed E-state index contributed by atoms with van der Waals surface area (Å²) in [6, 6.07) is 14.9. The van der Waals surface area contributed by atoms with Crippen LogP contribution in [0.15, 0.2) is 48.5 Å². The molecule has 5 nitrogen and oxygen atoms in total. The predicted molar refractivity (Wildman–Crippen MR) is 111 cm³/mol. The van der Waals surface area contributed by atoms with Crippen molar-refractivity contribution in [1.82, 2.24) is 10.2 Å². The Hall–Kier alpha value is -2.82.